The van der Waals surface area contributed by atoms with Crippen LogP contribution >= 0.6 is 0 Å². The third kappa shape index (κ3) is 2.34. The van der Waals surface area contributed by atoms with E-state index in [1.807, 2.05) is 16.8 Å². The number of carbonyl (C=O) groups is 1. The van der Waals surface area contributed by atoms with Crippen LogP contribution in [0.4, 0.5) is 5.69 Å². The van der Waals surface area contributed by atoms with E-state index in [1.54, 1.807) is 12.3 Å². The Morgan fingerprint density at radius 2 is 2.00 bits per heavy atom. The number of anilines is 1. The number of nitrogens with zero attached hydrogens (tertiary/aromatic N) is 4. The first-order valence-electron chi connectivity index (χ1n) is 9.11. The summed E-state index contributed by atoms with van der Waals surface area (Å²) >= 11 is 0. The summed E-state index contributed by atoms with van der Waals surface area (Å²) in [5, 5.41) is 8.37. The molecule has 3 aromatic rings. The van der Waals surface area contributed by atoms with Crippen LogP contribution in [0.25, 0.3) is 11.0 Å². The maximum absolute atomic E-state index is 12.7. The first kappa shape index (κ1) is 15.6. The van der Waals surface area contributed by atoms with E-state index in [0.29, 0.717) is 17.2 Å². The van der Waals surface area contributed by atoms with Crippen molar-refractivity contribution in [2.45, 2.75) is 44.1 Å². The van der Waals surface area contributed by atoms with Gasteiger partial charge in [-0.3, -0.25) is 4.79 Å². The van der Waals surface area contributed by atoms with Crippen LogP contribution in [0.1, 0.15) is 55.3 Å². The standard InChI is InChI=1S/C19H18BN5O/c20-11-6-7-15-13(8-11)16(19(26)24-15)17-14-9-23-25(18(14)22-10-21-17)12-4-2-1-3-5-12/h6-10,12,16H,1-5H2,(H,24,26). The molecule has 6 nitrogen and oxygen atoms in total. The first-order chi connectivity index (χ1) is 12.7. The van der Waals surface area contributed by atoms with E-state index in [9.17, 15) is 4.79 Å². The lowest BCUT2D eigenvalue weighted by molar-refractivity contribution is -0.116. The van der Waals surface area contributed by atoms with Gasteiger partial charge in [0.2, 0.25) is 5.91 Å². The molecule has 1 N–H and O–H groups in total. The largest absolute Gasteiger partial charge is 0.325 e. The molecule has 128 valence electrons. The van der Waals surface area contributed by atoms with E-state index in [4.69, 9.17) is 7.85 Å². The summed E-state index contributed by atoms with van der Waals surface area (Å²) in [6, 6.07) is 5.85. The predicted molar refractivity (Wildman–Crippen MR) is 99.7 cm³/mol. The van der Waals surface area contributed by atoms with Crippen LogP contribution in [0, 0.1) is 0 Å². The Labute approximate surface area is 152 Å². The minimum atomic E-state index is -0.483. The van der Waals surface area contributed by atoms with Gasteiger partial charge < -0.3 is 5.32 Å². The number of hydrogen-bond acceptors (Lipinski definition) is 4. The maximum Gasteiger partial charge on any atom is 0.238 e. The molecule has 1 aliphatic carbocycles. The van der Waals surface area contributed by atoms with Gasteiger partial charge in [-0.2, -0.15) is 5.10 Å². The topological polar surface area (TPSA) is 72.7 Å². The lowest BCUT2D eigenvalue weighted by atomic mass is 9.88. The molecule has 5 rings (SSSR count). The minimum Gasteiger partial charge on any atom is -0.325 e. The van der Waals surface area contributed by atoms with E-state index in [0.717, 1.165) is 35.1 Å². The SMILES string of the molecule is [B]c1ccc2c(c1)C(c1ncnc3c1cnn3C1CCCCC1)C(=O)N2. The summed E-state index contributed by atoms with van der Waals surface area (Å²) in [5.41, 5.74) is 3.79. The fourth-order valence-corrected chi connectivity index (χ4v) is 4.25. The first-order valence-corrected chi connectivity index (χ1v) is 9.11. The lowest BCUT2D eigenvalue weighted by Gasteiger charge is -2.22. The van der Waals surface area contributed by atoms with E-state index >= 15 is 0 Å². The minimum absolute atomic E-state index is 0.0870. The van der Waals surface area contributed by atoms with Crippen molar-refractivity contribution in [1.82, 2.24) is 19.7 Å². The Hall–Kier alpha value is -2.70. The highest BCUT2D eigenvalue weighted by atomic mass is 16.2. The highest BCUT2D eigenvalue weighted by Gasteiger charge is 2.35. The van der Waals surface area contributed by atoms with Gasteiger partial charge in [0.05, 0.1) is 23.3 Å². The summed E-state index contributed by atoms with van der Waals surface area (Å²) in [6.45, 7) is 0. The second kappa shape index (κ2) is 5.93. The third-order valence-corrected chi connectivity index (χ3v) is 5.52. The molecule has 0 spiro atoms. The summed E-state index contributed by atoms with van der Waals surface area (Å²) in [5.74, 6) is -0.570. The highest BCUT2D eigenvalue weighted by Crippen LogP contribution is 2.38. The maximum atomic E-state index is 12.7. The van der Waals surface area contributed by atoms with Gasteiger partial charge in [-0.05, 0) is 24.5 Å². The molecule has 1 aromatic carbocycles. The molecule has 0 bridgehead atoms. The van der Waals surface area contributed by atoms with Crippen molar-refractivity contribution in [2.75, 3.05) is 5.32 Å². The molecule has 2 aromatic heterocycles. The number of aromatic nitrogens is 4. The molecule has 1 aliphatic heterocycles. The van der Waals surface area contributed by atoms with Gasteiger partial charge in [-0.1, -0.05) is 36.9 Å². The van der Waals surface area contributed by atoms with Gasteiger partial charge in [-0.25, -0.2) is 14.6 Å². The summed E-state index contributed by atoms with van der Waals surface area (Å²) < 4.78 is 2.02. The van der Waals surface area contributed by atoms with E-state index in [-0.39, 0.29) is 5.91 Å². The average Bonchev–Trinajstić information content (AvgIpc) is 3.23. The van der Waals surface area contributed by atoms with Crippen molar-refractivity contribution in [3.05, 3.63) is 42.0 Å². The molecule has 1 unspecified atom stereocenters. The lowest BCUT2D eigenvalue weighted by Crippen LogP contribution is -2.16. The number of fused-ring (bicyclic) bond motifs is 2. The Morgan fingerprint density at radius 3 is 2.85 bits per heavy atom. The summed E-state index contributed by atoms with van der Waals surface area (Å²) in [4.78, 5) is 21.6. The fraction of sp³-hybridized carbons (Fsp3) is 0.368. The van der Waals surface area contributed by atoms with Crippen LogP contribution < -0.4 is 10.8 Å². The second-order valence-electron chi connectivity index (χ2n) is 7.15. The van der Waals surface area contributed by atoms with Gasteiger partial charge in [-0.15, -0.1) is 0 Å². The molecule has 1 atom stereocenters. The zero-order chi connectivity index (χ0) is 17.7. The molecule has 1 fully saturated rings. The quantitative estimate of drug-likeness (QED) is 0.724. The molecule has 2 aliphatic rings. The van der Waals surface area contributed by atoms with Gasteiger partial charge in [0.25, 0.3) is 0 Å². The summed E-state index contributed by atoms with van der Waals surface area (Å²) in [7, 11) is 5.94. The van der Waals surface area contributed by atoms with Crippen molar-refractivity contribution in [1.29, 1.82) is 0 Å². The van der Waals surface area contributed by atoms with Crippen LogP contribution in [0.5, 0.6) is 0 Å². The Morgan fingerprint density at radius 1 is 1.15 bits per heavy atom. The molecule has 26 heavy (non-hydrogen) atoms. The molecule has 7 heteroatoms. The molecule has 0 saturated heterocycles. The van der Waals surface area contributed by atoms with Crippen molar-refractivity contribution in [3.8, 4) is 0 Å². The Bertz CT molecular complexity index is 1010. The second-order valence-corrected chi connectivity index (χ2v) is 7.15. The molecule has 2 radical (unpaired) electrons. The van der Waals surface area contributed by atoms with Gasteiger partial charge in [0.1, 0.15) is 20.1 Å². The Kier molecular flexibility index (Phi) is 3.55. The number of hydrogen-bond donors (Lipinski definition) is 1. The van der Waals surface area contributed by atoms with E-state index < -0.39 is 5.92 Å². The molecular formula is C19H18BN5O. The molecule has 1 saturated carbocycles. The third-order valence-electron chi connectivity index (χ3n) is 5.52. The molecule has 1 amide bonds. The van der Waals surface area contributed by atoms with E-state index in [1.165, 1.54) is 25.6 Å². The van der Waals surface area contributed by atoms with Gasteiger partial charge in [0.15, 0.2) is 5.65 Å². The number of carbonyl (C=O) groups excluding carboxylic acids is 1. The zero-order valence-corrected chi connectivity index (χ0v) is 14.4. The molecular weight excluding hydrogens is 325 g/mol. The van der Waals surface area contributed by atoms with Crippen LogP contribution in [-0.2, 0) is 4.79 Å². The van der Waals surface area contributed by atoms with Crippen molar-refractivity contribution in [2.24, 2.45) is 0 Å². The average molecular weight is 343 g/mol. The molecule has 3 heterocycles. The smallest absolute Gasteiger partial charge is 0.238 e. The predicted octanol–water partition coefficient (Wildman–Crippen LogP) is 2.21. The number of benzene rings is 1. The fourth-order valence-electron chi connectivity index (χ4n) is 4.25. The van der Waals surface area contributed by atoms with Crippen molar-refractivity contribution < 1.29 is 4.79 Å². The van der Waals surface area contributed by atoms with Crippen molar-refractivity contribution in [3.63, 3.8) is 0 Å². The van der Waals surface area contributed by atoms with Crippen LogP contribution in [-0.4, -0.2) is 33.5 Å². The number of amides is 1. The monoisotopic (exact) mass is 343 g/mol. The van der Waals surface area contributed by atoms with Crippen LogP contribution in [0.15, 0.2) is 30.7 Å². The highest BCUT2D eigenvalue weighted by molar-refractivity contribution is 6.32. The number of nitrogens with one attached hydrogen (secondary N) is 1. The Balaban J connectivity index is 1.63. The van der Waals surface area contributed by atoms with Gasteiger partial charge in [0, 0.05) is 5.69 Å². The zero-order valence-electron chi connectivity index (χ0n) is 14.4. The summed E-state index contributed by atoms with van der Waals surface area (Å²) in [6.07, 6.45) is 9.32. The van der Waals surface area contributed by atoms with Crippen LogP contribution in [0.3, 0.4) is 0 Å². The number of rotatable bonds is 2. The van der Waals surface area contributed by atoms with Crippen LogP contribution in [0.2, 0.25) is 0 Å². The van der Waals surface area contributed by atoms with E-state index in [2.05, 4.69) is 20.4 Å². The van der Waals surface area contributed by atoms with Crippen molar-refractivity contribution >= 4 is 35.9 Å². The van der Waals surface area contributed by atoms with Gasteiger partial charge >= 0.3 is 0 Å². The normalized spacial score (nSPS) is 20.3.